The number of carbonyl (C=O) groups is 1. The first-order valence-electron chi connectivity index (χ1n) is 15.7. The van der Waals surface area contributed by atoms with Crippen molar-refractivity contribution in [3.05, 3.63) is 11.6 Å². The van der Waals surface area contributed by atoms with Crippen LogP contribution in [0.1, 0.15) is 136 Å². The molecule has 2 unspecified atom stereocenters. The van der Waals surface area contributed by atoms with E-state index in [1.54, 1.807) is 0 Å². The number of aliphatic carboxylic acids is 1. The maximum absolute atomic E-state index is 11.3. The van der Waals surface area contributed by atoms with Crippen molar-refractivity contribution in [2.24, 2.45) is 29.1 Å². The van der Waals surface area contributed by atoms with E-state index in [-0.39, 0.29) is 23.7 Å². The summed E-state index contributed by atoms with van der Waals surface area (Å²) in [5.74, 6) is 6.89. The number of aliphatic hydroxyl groups is 2. The van der Waals surface area contributed by atoms with E-state index >= 15 is 0 Å². The molecule has 0 heterocycles. The number of allylic oxidation sites excluding steroid dienone is 2. The molecule has 0 amide bonds. The molecule has 210 valence electrons. The second kappa shape index (κ2) is 15.3. The Hall–Kier alpha value is -1.31. The highest BCUT2D eigenvalue weighted by molar-refractivity contribution is 5.66. The summed E-state index contributed by atoms with van der Waals surface area (Å²) in [4.78, 5) is 11.3. The molecule has 0 aliphatic heterocycles. The lowest BCUT2D eigenvalue weighted by Gasteiger charge is -2.64. The molecular weight excluding hydrogens is 460 g/mol. The molecule has 3 saturated carbocycles. The lowest BCUT2D eigenvalue weighted by Crippen LogP contribution is -2.59. The molecule has 4 heteroatoms. The molecule has 37 heavy (non-hydrogen) atoms. The third-order valence-electron chi connectivity index (χ3n) is 9.80. The SMILES string of the molecule is CCCCCCC1C(=CCCC(=O)O)[C@@]2(CCCCCC)CC[C@@H](O)[C@H](C#CC(O)C3CCCCC3)[C@@H]12. The summed E-state index contributed by atoms with van der Waals surface area (Å²) in [6.45, 7) is 4.48. The van der Waals surface area contributed by atoms with E-state index in [1.807, 2.05) is 0 Å². The zero-order chi connectivity index (χ0) is 26.7. The number of unbranched alkanes of at least 4 members (excludes halogenated alkanes) is 6. The monoisotopic (exact) mass is 514 g/mol. The van der Waals surface area contributed by atoms with Gasteiger partial charge in [0.25, 0.3) is 0 Å². The molecule has 3 fully saturated rings. The van der Waals surface area contributed by atoms with Gasteiger partial charge in [-0.1, -0.05) is 108 Å². The summed E-state index contributed by atoms with van der Waals surface area (Å²) in [7, 11) is 0. The molecule has 3 N–H and O–H groups in total. The Kier molecular flexibility index (Phi) is 12.5. The van der Waals surface area contributed by atoms with Crippen molar-refractivity contribution in [1.29, 1.82) is 0 Å². The van der Waals surface area contributed by atoms with Crippen molar-refractivity contribution in [2.75, 3.05) is 0 Å². The first-order chi connectivity index (χ1) is 17.9. The second-order valence-corrected chi connectivity index (χ2v) is 12.3. The predicted molar refractivity (Wildman–Crippen MR) is 151 cm³/mol. The molecule has 0 saturated heterocycles. The number of hydrogen-bond acceptors (Lipinski definition) is 3. The van der Waals surface area contributed by atoms with Gasteiger partial charge in [0.15, 0.2) is 0 Å². The summed E-state index contributed by atoms with van der Waals surface area (Å²) in [5.41, 5.74) is 1.54. The highest BCUT2D eigenvalue weighted by Crippen LogP contribution is 2.67. The number of hydrogen-bond donors (Lipinski definition) is 3. The zero-order valence-electron chi connectivity index (χ0n) is 23.7. The van der Waals surface area contributed by atoms with Crippen LogP contribution in [-0.2, 0) is 4.79 Å². The van der Waals surface area contributed by atoms with Gasteiger partial charge in [-0.2, -0.15) is 0 Å². The molecule has 6 atom stereocenters. The molecule has 4 nitrogen and oxygen atoms in total. The normalized spacial score (nSPS) is 31.7. The van der Waals surface area contributed by atoms with E-state index in [4.69, 9.17) is 0 Å². The topological polar surface area (TPSA) is 77.8 Å². The second-order valence-electron chi connectivity index (χ2n) is 12.3. The van der Waals surface area contributed by atoms with Crippen LogP contribution in [0.25, 0.3) is 0 Å². The third kappa shape index (κ3) is 7.86. The van der Waals surface area contributed by atoms with Crippen molar-refractivity contribution >= 4 is 5.97 Å². The summed E-state index contributed by atoms with van der Waals surface area (Å²) in [6, 6.07) is 0. The van der Waals surface area contributed by atoms with Crippen LogP contribution in [0, 0.1) is 40.9 Å². The number of carboxylic acid groups (broad SMARTS) is 1. The molecule has 0 radical (unpaired) electrons. The van der Waals surface area contributed by atoms with E-state index in [0.717, 1.165) is 38.5 Å². The van der Waals surface area contributed by atoms with Gasteiger partial charge in [0.2, 0.25) is 0 Å². The molecule has 0 spiro atoms. The molecular formula is C33H54O4. The van der Waals surface area contributed by atoms with Crippen LogP contribution < -0.4 is 0 Å². The van der Waals surface area contributed by atoms with Crippen LogP contribution in [0.4, 0.5) is 0 Å². The van der Waals surface area contributed by atoms with E-state index in [0.29, 0.717) is 18.3 Å². The Balaban J connectivity index is 1.87. The Labute approximate surface area is 226 Å². The molecule has 0 aromatic heterocycles. The van der Waals surface area contributed by atoms with Crippen molar-refractivity contribution in [3.63, 3.8) is 0 Å². The lowest BCUT2D eigenvalue weighted by molar-refractivity contribution is -0.136. The number of carboxylic acids is 1. The largest absolute Gasteiger partial charge is 0.481 e. The number of rotatable bonds is 14. The lowest BCUT2D eigenvalue weighted by atomic mass is 9.40. The van der Waals surface area contributed by atoms with E-state index in [1.165, 1.54) is 76.2 Å². The van der Waals surface area contributed by atoms with Gasteiger partial charge in [0, 0.05) is 6.42 Å². The Morgan fingerprint density at radius 3 is 2.41 bits per heavy atom. The Morgan fingerprint density at radius 2 is 1.73 bits per heavy atom. The van der Waals surface area contributed by atoms with Gasteiger partial charge < -0.3 is 15.3 Å². The highest BCUT2D eigenvalue weighted by Gasteiger charge is 2.61. The number of fused-ring (bicyclic) bond motifs is 1. The minimum atomic E-state index is -0.733. The first-order valence-corrected chi connectivity index (χ1v) is 15.7. The van der Waals surface area contributed by atoms with Crippen LogP contribution in [-0.4, -0.2) is 33.5 Å². The van der Waals surface area contributed by atoms with Crippen molar-refractivity contribution in [1.82, 2.24) is 0 Å². The fourth-order valence-electron chi connectivity index (χ4n) is 7.84. The van der Waals surface area contributed by atoms with Crippen LogP contribution in [0.15, 0.2) is 11.6 Å². The number of aliphatic hydroxyl groups excluding tert-OH is 2. The summed E-state index contributed by atoms with van der Waals surface area (Å²) < 4.78 is 0. The van der Waals surface area contributed by atoms with Crippen molar-refractivity contribution in [3.8, 4) is 11.8 Å². The summed E-state index contributed by atoms with van der Waals surface area (Å²) >= 11 is 0. The average Bonchev–Trinajstić information content (AvgIpc) is 2.90. The summed E-state index contributed by atoms with van der Waals surface area (Å²) in [5, 5.41) is 31.4. The predicted octanol–water partition coefficient (Wildman–Crippen LogP) is 7.67. The fourth-order valence-corrected chi connectivity index (χ4v) is 7.84. The fraction of sp³-hybridized carbons (Fsp3) is 0.848. The van der Waals surface area contributed by atoms with Gasteiger partial charge in [-0.05, 0) is 68.1 Å². The molecule has 3 aliphatic rings. The van der Waals surface area contributed by atoms with Gasteiger partial charge in [-0.3, -0.25) is 4.79 Å². The maximum atomic E-state index is 11.3. The van der Waals surface area contributed by atoms with Gasteiger partial charge in [-0.25, -0.2) is 0 Å². The minimum Gasteiger partial charge on any atom is -0.481 e. The van der Waals surface area contributed by atoms with Gasteiger partial charge >= 0.3 is 5.97 Å². The first kappa shape index (κ1) is 30.2. The van der Waals surface area contributed by atoms with E-state index in [9.17, 15) is 20.1 Å². The molecule has 0 bridgehead atoms. The minimum absolute atomic E-state index is 0.0516. The van der Waals surface area contributed by atoms with Gasteiger partial charge in [-0.15, -0.1) is 0 Å². The van der Waals surface area contributed by atoms with Gasteiger partial charge in [0.05, 0.1) is 12.0 Å². The van der Waals surface area contributed by atoms with Crippen molar-refractivity contribution < 1.29 is 20.1 Å². The van der Waals surface area contributed by atoms with Crippen molar-refractivity contribution in [2.45, 2.75) is 148 Å². The molecule has 0 aromatic carbocycles. The highest BCUT2D eigenvalue weighted by atomic mass is 16.4. The third-order valence-corrected chi connectivity index (χ3v) is 9.80. The Morgan fingerprint density at radius 1 is 1.03 bits per heavy atom. The standard InChI is InChI=1S/C33H54O4/c1-3-5-7-12-17-26-28(18-14-19-31(36)37)33(23-13-8-6-4-2)24-22-30(35)27(32(26)33)20-21-29(34)25-15-10-9-11-16-25/h18,25-27,29-30,32,34-35H,3-17,19,22-24H2,1-2H3,(H,36,37)/t26?,27-,29?,30+,32+,33+/m0/s1. The zero-order valence-corrected chi connectivity index (χ0v) is 23.7. The molecule has 3 rings (SSSR count). The maximum Gasteiger partial charge on any atom is 0.303 e. The summed E-state index contributed by atoms with van der Waals surface area (Å²) in [6.07, 6.45) is 21.5. The average molecular weight is 515 g/mol. The van der Waals surface area contributed by atoms with Crippen LogP contribution in [0.3, 0.4) is 0 Å². The van der Waals surface area contributed by atoms with Crippen LogP contribution in [0.5, 0.6) is 0 Å². The molecule has 0 aromatic rings. The smallest absolute Gasteiger partial charge is 0.303 e. The van der Waals surface area contributed by atoms with E-state index < -0.39 is 18.2 Å². The quantitative estimate of drug-likeness (QED) is 0.126. The Bertz CT molecular complexity index is 786. The molecule has 3 aliphatic carbocycles. The van der Waals surface area contributed by atoms with Crippen LogP contribution in [0.2, 0.25) is 0 Å². The van der Waals surface area contributed by atoms with Gasteiger partial charge in [0.1, 0.15) is 6.10 Å². The van der Waals surface area contributed by atoms with E-state index in [2.05, 4.69) is 31.8 Å². The van der Waals surface area contributed by atoms with Crippen LogP contribution >= 0.6 is 0 Å².